The van der Waals surface area contributed by atoms with Crippen LogP contribution in [0.2, 0.25) is 0 Å². The molecule has 0 aliphatic carbocycles. The molecule has 0 saturated carbocycles. The second-order valence-corrected chi connectivity index (χ2v) is 2.41. The first-order valence-corrected chi connectivity index (χ1v) is 3.49. The van der Waals surface area contributed by atoms with E-state index in [0.717, 1.165) is 6.07 Å². The van der Waals surface area contributed by atoms with E-state index < -0.39 is 17.9 Å². The Kier molecular flexibility index (Phi) is 2.72. The Balaban J connectivity index is 3.20. The summed E-state index contributed by atoms with van der Waals surface area (Å²) in [5.74, 6) is -1.22. The van der Waals surface area contributed by atoms with E-state index >= 15 is 0 Å². The van der Waals surface area contributed by atoms with Crippen molar-refractivity contribution in [2.75, 3.05) is 5.73 Å². The lowest BCUT2D eigenvalue weighted by Gasteiger charge is -2.06. The van der Waals surface area contributed by atoms with Crippen LogP contribution < -0.4 is 11.5 Å². The number of pyridine rings is 1. The molecule has 0 radical (unpaired) electrons. The monoisotopic (exact) mass is 191 g/mol. The molecule has 0 atom stereocenters. The molecular formula is C7H8F3N3. The highest BCUT2D eigenvalue weighted by molar-refractivity contribution is 5.45. The zero-order chi connectivity index (χ0) is 10.0. The van der Waals surface area contributed by atoms with Crippen molar-refractivity contribution in [3.63, 3.8) is 0 Å². The Bertz CT molecular complexity index is 314. The maximum absolute atomic E-state index is 12.8. The van der Waals surface area contributed by atoms with E-state index in [-0.39, 0.29) is 17.9 Å². The number of halogens is 3. The predicted molar refractivity (Wildman–Crippen MR) is 41.5 cm³/mol. The Morgan fingerprint density at radius 1 is 1.46 bits per heavy atom. The molecule has 4 N–H and O–H groups in total. The average Bonchev–Trinajstić information content (AvgIpc) is 2.07. The average molecular weight is 191 g/mol. The SMILES string of the molecule is NCc1nc(F)c(C(F)F)cc1N. The molecule has 1 aromatic rings. The summed E-state index contributed by atoms with van der Waals surface area (Å²) in [4.78, 5) is 3.22. The minimum atomic E-state index is -2.92. The van der Waals surface area contributed by atoms with Crippen LogP contribution in [0.4, 0.5) is 18.9 Å². The molecule has 0 saturated heterocycles. The van der Waals surface area contributed by atoms with Gasteiger partial charge in [-0.15, -0.1) is 0 Å². The van der Waals surface area contributed by atoms with Gasteiger partial charge in [-0.3, -0.25) is 0 Å². The van der Waals surface area contributed by atoms with Crippen molar-refractivity contribution in [1.82, 2.24) is 4.98 Å². The van der Waals surface area contributed by atoms with Crippen LogP contribution in [0.15, 0.2) is 6.07 Å². The molecule has 0 amide bonds. The molecule has 1 heterocycles. The van der Waals surface area contributed by atoms with Crippen LogP contribution in [0.5, 0.6) is 0 Å². The quantitative estimate of drug-likeness (QED) is 0.690. The van der Waals surface area contributed by atoms with Crippen LogP contribution >= 0.6 is 0 Å². The minimum absolute atomic E-state index is 0.0146. The highest BCUT2D eigenvalue weighted by atomic mass is 19.3. The van der Waals surface area contributed by atoms with Crippen molar-refractivity contribution in [1.29, 1.82) is 0 Å². The van der Waals surface area contributed by atoms with Crippen molar-refractivity contribution in [3.05, 3.63) is 23.3 Å². The fourth-order valence-corrected chi connectivity index (χ4v) is 0.874. The Morgan fingerprint density at radius 2 is 2.08 bits per heavy atom. The third-order valence-electron chi connectivity index (χ3n) is 1.54. The highest BCUT2D eigenvalue weighted by Crippen LogP contribution is 2.24. The zero-order valence-corrected chi connectivity index (χ0v) is 6.60. The lowest BCUT2D eigenvalue weighted by atomic mass is 10.2. The van der Waals surface area contributed by atoms with Crippen LogP contribution in [0, 0.1) is 5.95 Å². The molecule has 0 fully saturated rings. The smallest absolute Gasteiger partial charge is 0.268 e. The van der Waals surface area contributed by atoms with Gasteiger partial charge in [0, 0.05) is 6.54 Å². The molecule has 0 bridgehead atoms. The van der Waals surface area contributed by atoms with Crippen molar-refractivity contribution in [3.8, 4) is 0 Å². The topological polar surface area (TPSA) is 64.9 Å². The lowest BCUT2D eigenvalue weighted by molar-refractivity contribution is 0.145. The van der Waals surface area contributed by atoms with Gasteiger partial charge in [0.1, 0.15) is 0 Å². The van der Waals surface area contributed by atoms with Crippen molar-refractivity contribution in [2.45, 2.75) is 13.0 Å². The summed E-state index contributed by atoms with van der Waals surface area (Å²) >= 11 is 0. The Morgan fingerprint density at radius 3 is 2.54 bits per heavy atom. The number of hydrogen-bond donors (Lipinski definition) is 2. The van der Waals surface area contributed by atoms with Crippen molar-refractivity contribution in [2.24, 2.45) is 5.73 Å². The number of rotatable bonds is 2. The first-order valence-electron chi connectivity index (χ1n) is 3.49. The number of anilines is 1. The molecule has 13 heavy (non-hydrogen) atoms. The summed E-state index contributed by atoms with van der Waals surface area (Å²) in [6, 6.07) is 0.856. The van der Waals surface area contributed by atoms with E-state index in [1.54, 1.807) is 0 Å². The van der Waals surface area contributed by atoms with Gasteiger partial charge in [0.2, 0.25) is 5.95 Å². The lowest BCUT2D eigenvalue weighted by Crippen LogP contribution is -2.08. The fourth-order valence-electron chi connectivity index (χ4n) is 0.874. The molecule has 6 heteroatoms. The molecule has 3 nitrogen and oxygen atoms in total. The predicted octanol–water partition coefficient (Wildman–Crippen LogP) is 1.20. The van der Waals surface area contributed by atoms with Gasteiger partial charge in [-0.25, -0.2) is 13.8 Å². The van der Waals surface area contributed by atoms with Gasteiger partial charge in [-0.05, 0) is 6.07 Å². The van der Waals surface area contributed by atoms with Crippen LogP contribution in [-0.2, 0) is 6.54 Å². The van der Waals surface area contributed by atoms with E-state index in [2.05, 4.69) is 4.98 Å². The van der Waals surface area contributed by atoms with E-state index in [1.807, 2.05) is 0 Å². The van der Waals surface area contributed by atoms with E-state index in [4.69, 9.17) is 11.5 Å². The first kappa shape index (κ1) is 9.79. The fraction of sp³-hybridized carbons (Fsp3) is 0.286. The molecule has 0 spiro atoms. The van der Waals surface area contributed by atoms with Crippen LogP contribution in [0.25, 0.3) is 0 Å². The summed E-state index contributed by atoms with van der Waals surface area (Å²) in [6.07, 6.45) is -2.92. The first-order chi connectivity index (χ1) is 6.06. The largest absolute Gasteiger partial charge is 0.397 e. The summed E-state index contributed by atoms with van der Waals surface area (Å²) in [7, 11) is 0. The molecule has 1 rings (SSSR count). The molecule has 1 aromatic heterocycles. The van der Waals surface area contributed by atoms with Crippen molar-refractivity contribution >= 4 is 5.69 Å². The van der Waals surface area contributed by atoms with Gasteiger partial charge in [0.25, 0.3) is 6.43 Å². The second-order valence-electron chi connectivity index (χ2n) is 2.41. The van der Waals surface area contributed by atoms with E-state index in [0.29, 0.717) is 0 Å². The molecule has 0 aliphatic rings. The number of nitrogens with zero attached hydrogens (tertiary/aromatic N) is 1. The summed E-state index contributed by atoms with van der Waals surface area (Å²) < 4.78 is 36.9. The zero-order valence-electron chi connectivity index (χ0n) is 6.60. The Labute approximate surface area is 72.6 Å². The summed E-state index contributed by atoms with van der Waals surface area (Å²) in [6.45, 7) is -0.0771. The van der Waals surface area contributed by atoms with Crippen LogP contribution in [0.1, 0.15) is 17.7 Å². The normalized spacial score (nSPS) is 10.8. The maximum Gasteiger partial charge on any atom is 0.268 e. The number of aromatic nitrogens is 1. The van der Waals surface area contributed by atoms with Crippen molar-refractivity contribution < 1.29 is 13.2 Å². The number of nitrogen functional groups attached to an aromatic ring is 1. The van der Waals surface area contributed by atoms with Gasteiger partial charge >= 0.3 is 0 Å². The second kappa shape index (κ2) is 3.61. The van der Waals surface area contributed by atoms with Gasteiger partial charge in [-0.1, -0.05) is 0 Å². The third-order valence-corrected chi connectivity index (χ3v) is 1.54. The van der Waals surface area contributed by atoms with Gasteiger partial charge in [0.15, 0.2) is 0 Å². The Hall–Kier alpha value is -1.30. The van der Waals surface area contributed by atoms with Crippen LogP contribution in [0.3, 0.4) is 0 Å². The van der Waals surface area contributed by atoms with Crippen LogP contribution in [-0.4, -0.2) is 4.98 Å². The van der Waals surface area contributed by atoms with Gasteiger partial charge in [-0.2, -0.15) is 4.39 Å². The molecule has 0 aromatic carbocycles. The summed E-state index contributed by atoms with van der Waals surface area (Å²) in [5.41, 5.74) is 9.72. The van der Waals surface area contributed by atoms with E-state index in [9.17, 15) is 13.2 Å². The molecule has 0 unspecified atom stereocenters. The third kappa shape index (κ3) is 1.89. The molecular weight excluding hydrogens is 183 g/mol. The maximum atomic E-state index is 12.8. The van der Waals surface area contributed by atoms with E-state index in [1.165, 1.54) is 0 Å². The summed E-state index contributed by atoms with van der Waals surface area (Å²) in [5, 5.41) is 0. The molecule has 0 aliphatic heterocycles. The minimum Gasteiger partial charge on any atom is -0.397 e. The molecule has 72 valence electrons. The standard InChI is InChI=1S/C7H8F3N3/c8-6(9)3-1-4(12)5(2-11)13-7(3)10/h1,6H,2,11-12H2. The highest BCUT2D eigenvalue weighted by Gasteiger charge is 2.16. The van der Waals surface area contributed by atoms with Gasteiger partial charge in [0.05, 0.1) is 16.9 Å². The van der Waals surface area contributed by atoms with Gasteiger partial charge < -0.3 is 11.5 Å². The number of nitrogens with two attached hydrogens (primary N) is 2. The number of hydrogen-bond acceptors (Lipinski definition) is 3. The number of alkyl halides is 2.